The van der Waals surface area contributed by atoms with Gasteiger partial charge in [0.25, 0.3) is 0 Å². The van der Waals surface area contributed by atoms with Gasteiger partial charge in [0, 0.05) is 12.2 Å². The summed E-state index contributed by atoms with van der Waals surface area (Å²) in [5.41, 5.74) is 1.76. The van der Waals surface area contributed by atoms with Crippen molar-refractivity contribution in [1.29, 1.82) is 5.26 Å². The number of nitrogens with zero attached hydrogens (tertiary/aromatic N) is 1. The van der Waals surface area contributed by atoms with E-state index in [4.69, 9.17) is 10.00 Å². The van der Waals surface area contributed by atoms with E-state index in [-0.39, 0.29) is 12.4 Å². The fourth-order valence-electron chi connectivity index (χ4n) is 1.63. The molecule has 5 heteroatoms. The van der Waals surface area contributed by atoms with Gasteiger partial charge in [0.05, 0.1) is 4.47 Å². The van der Waals surface area contributed by atoms with E-state index in [0.717, 1.165) is 11.3 Å². The summed E-state index contributed by atoms with van der Waals surface area (Å²) in [6.07, 6.45) is 0. The van der Waals surface area contributed by atoms with Crippen LogP contribution in [0, 0.1) is 17.1 Å². The van der Waals surface area contributed by atoms with E-state index in [1.807, 2.05) is 18.2 Å². The molecule has 0 bridgehead atoms. The van der Waals surface area contributed by atoms with Gasteiger partial charge in [-0.25, -0.2) is 4.39 Å². The molecule has 0 amide bonds. The van der Waals surface area contributed by atoms with Crippen LogP contribution >= 0.6 is 15.9 Å². The number of halogens is 2. The van der Waals surface area contributed by atoms with Crippen molar-refractivity contribution in [1.82, 2.24) is 0 Å². The molecule has 0 spiro atoms. The maximum absolute atomic E-state index is 13.3. The first-order valence-electron chi connectivity index (χ1n) is 5.96. The highest BCUT2D eigenvalue weighted by atomic mass is 79.9. The quantitative estimate of drug-likeness (QED) is 0.895. The second-order valence-electron chi connectivity index (χ2n) is 4.07. The second kappa shape index (κ2) is 6.92. The zero-order valence-electron chi connectivity index (χ0n) is 10.6. The Kier molecular flexibility index (Phi) is 4.97. The molecule has 20 heavy (non-hydrogen) atoms. The Morgan fingerprint density at radius 1 is 1.20 bits per heavy atom. The van der Waals surface area contributed by atoms with Crippen molar-refractivity contribution in [3.63, 3.8) is 0 Å². The summed E-state index contributed by atoms with van der Waals surface area (Å²) >= 11 is 3.11. The van der Waals surface area contributed by atoms with Crippen LogP contribution in [0.3, 0.4) is 0 Å². The monoisotopic (exact) mass is 334 g/mol. The van der Waals surface area contributed by atoms with Crippen LogP contribution in [0.2, 0.25) is 0 Å². The van der Waals surface area contributed by atoms with Gasteiger partial charge in [-0.3, -0.25) is 0 Å². The molecule has 0 saturated heterocycles. The van der Waals surface area contributed by atoms with E-state index in [0.29, 0.717) is 16.8 Å². The number of ether oxygens (including phenoxy) is 1. The fraction of sp³-hybridized carbons (Fsp3) is 0.133. The molecule has 2 rings (SSSR count). The van der Waals surface area contributed by atoms with Crippen molar-refractivity contribution >= 4 is 21.6 Å². The normalized spacial score (nSPS) is 9.85. The SMILES string of the molecule is N#CCOc1ccc(CNc2ccc(Br)c(F)c2)cc1. The minimum atomic E-state index is -0.296. The molecule has 102 valence electrons. The summed E-state index contributed by atoms with van der Waals surface area (Å²) in [6, 6.07) is 14.2. The van der Waals surface area contributed by atoms with Crippen LogP contribution in [-0.2, 0) is 6.54 Å². The molecular formula is C15H12BrFN2O. The van der Waals surface area contributed by atoms with Gasteiger partial charge in [-0.1, -0.05) is 12.1 Å². The van der Waals surface area contributed by atoms with Crippen LogP contribution in [0.15, 0.2) is 46.9 Å². The number of anilines is 1. The van der Waals surface area contributed by atoms with Crippen molar-refractivity contribution in [3.05, 3.63) is 58.3 Å². The lowest BCUT2D eigenvalue weighted by molar-refractivity contribution is 0.368. The molecule has 2 aromatic carbocycles. The predicted molar refractivity (Wildman–Crippen MR) is 79.0 cm³/mol. The van der Waals surface area contributed by atoms with Gasteiger partial charge in [-0.2, -0.15) is 5.26 Å². The Balaban J connectivity index is 1.93. The Morgan fingerprint density at radius 3 is 2.60 bits per heavy atom. The van der Waals surface area contributed by atoms with Crippen molar-refractivity contribution in [2.45, 2.75) is 6.54 Å². The summed E-state index contributed by atoms with van der Waals surface area (Å²) in [6.45, 7) is 0.620. The number of nitriles is 1. The van der Waals surface area contributed by atoms with E-state index in [2.05, 4.69) is 21.2 Å². The van der Waals surface area contributed by atoms with Gasteiger partial charge in [-0.05, 0) is 51.8 Å². The number of hydrogen-bond acceptors (Lipinski definition) is 3. The third-order valence-corrected chi connectivity index (χ3v) is 3.29. The van der Waals surface area contributed by atoms with Gasteiger partial charge in [0.15, 0.2) is 6.61 Å². The molecule has 0 aliphatic carbocycles. The highest BCUT2D eigenvalue weighted by Gasteiger charge is 2.01. The molecule has 0 aromatic heterocycles. The highest BCUT2D eigenvalue weighted by molar-refractivity contribution is 9.10. The maximum atomic E-state index is 13.3. The van der Waals surface area contributed by atoms with E-state index in [1.54, 1.807) is 24.3 Å². The summed E-state index contributed by atoms with van der Waals surface area (Å²) in [4.78, 5) is 0. The molecule has 0 saturated carbocycles. The van der Waals surface area contributed by atoms with E-state index < -0.39 is 0 Å². The topological polar surface area (TPSA) is 45.0 Å². The van der Waals surface area contributed by atoms with Crippen LogP contribution in [-0.4, -0.2) is 6.61 Å². The molecule has 0 unspecified atom stereocenters. The summed E-state index contributed by atoms with van der Waals surface area (Å²) < 4.78 is 19.0. The molecule has 3 nitrogen and oxygen atoms in total. The van der Waals surface area contributed by atoms with Crippen molar-refractivity contribution in [2.75, 3.05) is 11.9 Å². The molecule has 2 aromatic rings. The Bertz CT molecular complexity index is 623. The molecule has 0 aliphatic rings. The minimum Gasteiger partial charge on any atom is -0.479 e. The lowest BCUT2D eigenvalue weighted by Crippen LogP contribution is -2.00. The average Bonchev–Trinajstić information content (AvgIpc) is 2.47. The Hall–Kier alpha value is -2.06. The standard InChI is InChI=1S/C15H12BrFN2O/c16-14-6-3-12(9-15(14)17)19-10-11-1-4-13(5-2-11)20-8-7-18/h1-6,9,19H,8,10H2. The number of rotatable bonds is 5. The average molecular weight is 335 g/mol. The van der Waals surface area contributed by atoms with Gasteiger partial charge >= 0.3 is 0 Å². The predicted octanol–water partition coefficient (Wildman–Crippen LogP) is 4.10. The third-order valence-electron chi connectivity index (χ3n) is 2.64. The van der Waals surface area contributed by atoms with Gasteiger partial charge < -0.3 is 10.1 Å². The molecular weight excluding hydrogens is 323 g/mol. The smallest absolute Gasteiger partial charge is 0.174 e. The number of nitrogens with one attached hydrogen (secondary N) is 1. The van der Waals surface area contributed by atoms with Crippen LogP contribution in [0.1, 0.15) is 5.56 Å². The first-order valence-corrected chi connectivity index (χ1v) is 6.76. The van der Waals surface area contributed by atoms with Crippen LogP contribution in [0.25, 0.3) is 0 Å². The van der Waals surface area contributed by atoms with Crippen LogP contribution < -0.4 is 10.1 Å². The number of benzene rings is 2. The Morgan fingerprint density at radius 2 is 1.95 bits per heavy atom. The molecule has 0 atom stereocenters. The summed E-state index contributed by atoms with van der Waals surface area (Å²) in [7, 11) is 0. The van der Waals surface area contributed by atoms with E-state index >= 15 is 0 Å². The summed E-state index contributed by atoms with van der Waals surface area (Å²) in [5, 5.41) is 11.6. The van der Waals surface area contributed by atoms with E-state index in [9.17, 15) is 4.39 Å². The molecule has 1 N–H and O–H groups in total. The van der Waals surface area contributed by atoms with Crippen LogP contribution in [0.4, 0.5) is 10.1 Å². The molecule has 0 heterocycles. The first kappa shape index (κ1) is 14.4. The lowest BCUT2D eigenvalue weighted by atomic mass is 10.2. The van der Waals surface area contributed by atoms with Gasteiger partial charge in [0.1, 0.15) is 17.6 Å². The third kappa shape index (κ3) is 3.97. The van der Waals surface area contributed by atoms with Crippen molar-refractivity contribution in [3.8, 4) is 11.8 Å². The summed E-state index contributed by atoms with van der Waals surface area (Å²) in [5.74, 6) is 0.361. The zero-order chi connectivity index (χ0) is 14.4. The van der Waals surface area contributed by atoms with Gasteiger partial charge in [0.2, 0.25) is 0 Å². The highest BCUT2D eigenvalue weighted by Crippen LogP contribution is 2.20. The van der Waals surface area contributed by atoms with E-state index in [1.165, 1.54) is 6.07 Å². The number of hydrogen-bond donors (Lipinski definition) is 1. The van der Waals surface area contributed by atoms with Crippen LogP contribution in [0.5, 0.6) is 5.75 Å². The minimum absolute atomic E-state index is 0.0375. The molecule has 0 aliphatic heterocycles. The molecule has 0 radical (unpaired) electrons. The second-order valence-corrected chi connectivity index (χ2v) is 4.93. The fourth-order valence-corrected chi connectivity index (χ4v) is 1.88. The Labute approximate surface area is 125 Å². The lowest BCUT2D eigenvalue weighted by Gasteiger charge is -2.08. The largest absolute Gasteiger partial charge is 0.479 e. The maximum Gasteiger partial charge on any atom is 0.174 e. The first-order chi connectivity index (χ1) is 9.69. The zero-order valence-corrected chi connectivity index (χ0v) is 12.2. The van der Waals surface area contributed by atoms with Crippen molar-refractivity contribution in [2.24, 2.45) is 0 Å². The molecule has 0 fully saturated rings. The van der Waals surface area contributed by atoms with Crippen molar-refractivity contribution < 1.29 is 9.13 Å². The van der Waals surface area contributed by atoms with Gasteiger partial charge in [-0.15, -0.1) is 0 Å².